The fourth-order valence-electron chi connectivity index (χ4n) is 2.80. The monoisotopic (exact) mass is 251 g/mol. The molecule has 4 nitrogen and oxygen atoms in total. The number of nitrogens with zero attached hydrogens (tertiary/aromatic N) is 3. The smallest absolute Gasteiger partial charge is 0.0552 e. The molecule has 0 amide bonds. The van der Waals surface area contributed by atoms with Crippen molar-refractivity contribution in [1.29, 1.82) is 0 Å². The molecular formula is C14H25N3O. The summed E-state index contributed by atoms with van der Waals surface area (Å²) in [5.74, 6) is 0.470. The number of aromatic nitrogens is 2. The number of aryl methyl sites for hydroxylation is 2. The van der Waals surface area contributed by atoms with E-state index >= 15 is 0 Å². The van der Waals surface area contributed by atoms with E-state index in [0.717, 1.165) is 19.5 Å². The highest BCUT2D eigenvalue weighted by atomic mass is 16.3. The number of hydrogen-bond donors (Lipinski definition) is 1. The number of piperidine rings is 1. The third-order valence-electron chi connectivity index (χ3n) is 3.92. The van der Waals surface area contributed by atoms with Crippen molar-refractivity contribution in [3.8, 4) is 0 Å². The van der Waals surface area contributed by atoms with Crippen molar-refractivity contribution in [2.24, 2.45) is 13.0 Å². The van der Waals surface area contributed by atoms with Gasteiger partial charge < -0.3 is 10.0 Å². The van der Waals surface area contributed by atoms with Gasteiger partial charge in [0.25, 0.3) is 0 Å². The van der Waals surface area contributed by atoms with Crippen LogP contribution in [0.5, 0.6) is 0 Å². The lowest BCUT2D eigenvalue weighted by atomic mass is 9.93. The molecule has 2 atom stereocenters. The molecule has 0 aromatic carbocycles. The van der Waals surface area contributed by atoms with Crippen molar-refractivity contribution in [3.63, 3.8) is 0 Å². The Labute approximate surface area is 110 Å². The van der Waals surface area contributed by atoms with Crippen molar-refractivity contribution >= 4 is 0 Å². The van der Waals surface area contributed by atoms with Crippen LogP contribution in [-0.2, 0) is 13.5 Å². The summed E-state index contributed by atoms with van der Waals surface area (Å²) in [5.41, 5.74) is 1.32. The predicted molar refractivity (Wildman–Crippen MR) is 72.4 cm³/mol. The molecule has 1 N–H and O–H groups in total. The van der Waals surface area contributed by atoms with Crippen molar-refractivity contribution in [3.05, 3.63) is 18.0 Å². The standard InChI is InChI=1S/C14H25N3O/c1-12(18)14-6-4-8-17(11-14)7-3-5-13-9-15-16(2)10-13/h9-10,12,14,18H,3-8,11H2,1-2H3. The Morgan fingerprint density at radius 3 is 3.06 bits per heavy atom. The summed E-state index contributed by atoms with van der Waals surface area (Å²) in [6, 6.07) is 0. The fourth-order valence-corrected chi connectivity index (χ4v) is 2.80. The van der Waals surface area contributed by atoms with E-state index in [9.17, 15) is 5.11 Å². The van der Waals surface area contributed by atoms with Gasteiger partial charge in [0.15, 0.2) is 0 Å². The van der Waals surface area contributed by atoms with E-state index in [1.54, 1.807) is 0 Å². The number of aliphatic hydroxyl groups excluding tert-OH is 1. The molecule has 1 saturated heterocycles. The average Bonchev–Trinajstić information content (AvgIpc) is 2.75. The molecule has 2 heterocycles. The van der Waals surface area contributed by atoms with Crippen LogP contribution in [0.15, 0.2) is 12.4 Å². The second-order valence-electron chi connectivity index (χ2n) is 5.57. The lowest BCUT2D eigenvalue weighted by molar-refractivity contribution is 0.0625. The van der Waals surface area contributed by atoms with Gasteiger partial charge in [0.05, 0.1) is 12.3 Å². The lowest BCUT2D eigenvalue weighted by Gasteiger charge is -2.34. The van der Waals surface area contributed by atoms with Crippen LogP contribution >= 0.6 is 0 Å². The first-order valence-electron chi connectivity index (χ1n) is 7.03. The third-order valence-corrected chi connectivity index (χ3v) is 3.92. The Morgan fingerprint density at radius 1 is 1.56 bits per heavy atom. The van der Waals surface area contributed by atoms with Gasteiger partial charge in [-0.2, -0.15) is 5.10 Å². The summed E-state index contributed by atoms with van der Waals surface area (Å²) in [4.78, 5) is 2.50. The van der Waals surface area contributed by atoms with E-state index in [0.29, 0.717) is 5.92 Å². The van der Waals surface area contributed by atoms with Crippen LogP contribution in [0.2, 0.25) is 0 Å². The maximum absolute atomic E-state index is 9.66. The summed E-state index contributed by atoms with van der Waals surface area (Å²) in [7, 11) is 1.96. The van der Waals surface area contributed by atoms with Crippen LogP contribution in [0.4, 0.5) is 0 Å². The number of hydrogen-bond acceptors (Lipinski definition) is 3. The van der Waals surface area contributed by atoms with Gasteiger partial charge >= 0.3 is 0 Å². The molecule has 2 rings (SSSR count). The Morgan fingerprint density at radius 2 is 2.39 bits per heavy atom. The average molecular weight is 251 g/mol. The first-order valence-corrected chi connectivity index (χ1v) is 7.03. The summed E-state index contributed by atoms with van der Waals surface area (Å²) in [6.45, 7) is 5.31. The van der Waals surface area contributed by atoms with Gasteiger partial charge in [-0.3, -0.25) is 4.68 Å². The molecule has 4 heteroatoms. The van der Waals surface area contributed by atoms with Crippen molar-refractivity contribution < 1.29 is 5.11 Å². The highest BCUT2D eigenvalue weighted by Crippen LogP contribution is 2.19. The number of aliphatic hydroxyl groups is 1. The SMILES string of the molecule is CC(O)C1CCCN(CCCc2cnn(C)c2)C1. The van der Waals surface area contributed by atoms with E-state index in [-0.39, 0.29) is 6.10 Å². The molecule has 18 heavy (non-hydrogen) atoms. The van der Waals surface area contributed by atoms with Crippen molar-refractivity contribution in [1.82, 2.24) is 14.7 Å². The quantitative estimate of drug-likeness (QED) is 0.861. The van der Waals surface area contributed by atoms with E-state index in [1.807, 2.05) is 24.9 Å². The molecule has 0 aliphatic carbocycles. The fraction of sp³-hybridized carbons (Fsp3) is 0.786. The van der Waals surface area contributed by atoms with Gasteiger partial charge in [-0.25, -0.2) is 0 Å². The van der Waals surface area contributed by atoms with Gasteiger partial charge in [0.1, 0.15) is 0 Å². The second-order valence-corrected chi connectivity index (χ2v) is 5.57. The second kappa shape index (κ2) is 6.34. The molecule has 1 aromatic rings. The van der Waals surface area contributed by atoms with Gasteiger partial charge in [-0.1, -0.05) is 0 Å². The zero-order chi connectivity index (χ0) is 13.0. The van der Waals surface area contributed by atoms with Crippen LogP contribution in [0.3, 0.4) is 0 Å². The Hall–Kier alpha value is -0.870. The summed E-state index contributed by atoms with van der Waals surface area (Å²) < 4.78 is 1.86. The molecule has 102 valence electrons. The number of likely N-dealkylation sites (tertiary alicyclic amines) is 1. The minimum Gasteiger partial charge on any atom is -0.393 e. The van der Waals surface area contributed by atoms with Gasteiger partial charge in [-0.05, 0) is 57.2 Å². The maximum atomic E-state index is 9.66. The highest BCUT2D eigenvalue weighted by Gasteiger charge is 2.22. The Bertz CT molecular complexity index is 362. The zero-order valence-electron chi connectivity index (χ0n) is 11.5. The predicted octanol–water partition coefficient (Wildman–Crippen LogP) is 1.45. The Balaban J connectivity index is 1.70. The van der Waals surface area contributed by atoms with Gasteiger partial charge in [-0.15, -0.1) is 0 Å². The van der Waals surface area contributed by atoms with E-state index in [1.165, 1.54) is 31.4 Å². The van der Waals surface area contributed by atoms with E-state index in [2.05, 4.69) is 16.2 Å². The van der Waals surface area contributed by atoms with Gasteiger partial charge in [0, 0.05) is 19.8 Å². The van der Waals surface area contributed by atoms with Crippen molar-refractivity contribution in [2.75, 3.05) is 19.6 Å². The summed E-state index contributed by atoms with van der Waals surface area (Å²) in [6.07, 6.45) is 8.57. The van der Waals surface area contributed by atoms with Crippen LogP contribution in [0, 0.1) is 5.92 Å². The molecule has 2 unspecified atom stereocenters. The maximum Gasteiger partial charge on any atom is 0.0552 e. The molecule has 0 saturated carbocycles. The van der Waals surface area contributed by atoms with E-state index in [4.69, 9.17) is 0 Å². The van der Waals surface area contributed by atoms with Crippen molar-refractivity contribution in [2.45, 2.75) is 38.7 Å². The van der Waals surface area contributed by atoms with Gasteiger partial charge in [0.2, 0.25) is 0 Å². The third kappa shape index (κ3) is 3.82. The van der Waals surface area contributed by atoms with Crippen LogP contribution in [0.1, 0.15) is 31.7 Å². The molecule has 1 aromatic heterocycles. The van der Waals surface area contributed by atoms with Crippen LogP contribution in [-0.4, -0.2) is 45.5 Å². The topological polar surface area (TPSA) is 41.3 Å². The Kier molecular flexibility index (Phi) is 4.78. The first kappa shape index (κ1) is 13.6. The minimum absolute atomic E-state index is 0.161. The molecular weight excluding hydrogens is 226 g/mol. The van der Waals surface area contributed by atoms with Crippen LogP contribution in [0.25, 0.3) is 0 Å². The summed E-state index contributed by atoms with van der Waals surface area (Å²) >= 11 is 0. The lowest BCUT2D eigenvalue weighted by Crippen LogP contribution is -2.40. The first-order chi connectivity index (χ1) is 8.65. The molecule has 1 aliphatic heterocycles. The summed E-state index contributed by atoms with van der Waals surface area (Å²) in [5, 5.41) is 13.9. The largest absolute Gasteiger partial charge is 0.393 e. The zero-order valence-corrected chi connectivity index (χ0v) is 11.5. The molecule has 1 fully saturated rings. The van der Waals surface area contributed by atoms with Crippen LogP contribution < -0.4 is 0 Å². The molecule has 0 spiro atoms. The highest BCUT2D eigenvalue weighted by molar-refractivity contribution is 5.03. The number of rotatable bonds is 5. The normalized spacial score (nSPS) is 23.2. The van der Waals surface area contributed by atoms with E-state index < -0.39 is 0 Å². The molecule has 0 radical (unpaired) electrons. The molecule has 0 bridgehead atoms. The minimum atomic E-state index is -0.161. The molecule has 1 aliphatic rings.